The van der Waals surface area contributed by atoms with Crippen molar-refractivity contribution >= 4 is 17.6 Å². The van der Waals surface area contributed by atoms with Crippen molar-refractivity contribution in [2.24, 2.45) is 10.9 Å². The SMILES string of the molecule is CCNC(=NCCN1CCN(c2ccc(F)cc2)CC1)N1CCC(CC(=O)NC)CC1. The number of rotatable bonds is 7. The number of hydrogen-bond acceptors (Lipinski definition) is 4. The summed E-state index contributed by atoms with van der Waals surface area (Å²) in [5, 5.41) is 6.16. The Morgan fingerprint density at radius 2 is 1.77 bits per heavy atom. The fraction of sp³-hybridized carbons (Fsp3) is 0.652. The first kappa shape index (κ1) is 23.3. The summed E-state index contributed by atoms with van der Waals surface area (Å²) >= 11 is 0. The van der Waals surface area contributed by atoms with Gasteiger partial charge in [0.2, 0.25) is 5.91 Å². The van der Waals surface area contributed by atoms with Crippen LogP contribution in [0.2, 0.25) is 0 Å². The Morgan fingerprint density at radius 1 is 1.10 bits per heavy atom. The van der Waals surface area contributed by atoms with Gasteiger partial charge in [-0.15, -0.1) is 0 Å². The van der Waals surface area contributed by atoms with Gasteiger partial charge in [0.1, 0.15) is 5.82 Å². The Labute approximate surface area is 185 Å². The molecule has 1 amide bonds. The first-order valence-electron chi connectivity index (χ1n) is 11.6. The number of carbonyl (C=O) groups is 1. The average Bonchev–Trinajstić information content (AvgIpc) is 2.80. The van der Waals surface area contributed by atoms with Crippen molar-refractivity contribution in [1.29, 1.82) is 0 Å². The molecule has 2 saturated heterocycles. The second kappa shape index (κ2) is 11.9. The van der Waals surface area contributed by atoms with E-state index < -0.39 is 0 Å². The Hall–Kier alpha value is -2.35. The van der Waals surface area contributed by atoms with E-state index >= 15 is 0 Å². The predicted octanol–water partition coefficient (Wildman–Crippen LogP) is 1.76. The number of hydrogen-bond donors (Lipinski definition) is 2. The molecule has 0 saturated carbocycles. The third kappa shape index (κ3) is 7.09. The number of anilines is 1. The Kier molecular flexibility index (Phi) is 8.94. The lowest BCUT2D eigenvalue weighted by Crippen LogP contribution is -2.48. The van der Waals surface area contributed by atoms with Crippen molar-refractivity contribution in [3.63, 3.8) is 0 Å². The third-order valence-electron chi connectivity index (χ3n) is 6.24. The molecule has 8 heteroatoms. The van der Waals surface area contributed by atoms with Gasteiger partial charge in [-0.05, 0) is 49.9 Å². The molecule has 0 aliphatic carbocycles. The highest BCUT2D eigenvalue weighted by Crippen LogP contribution is 2.20. The Balaban J connectivity index is 1.42. The van der Waals surface area contributed by atoms with Gasteiger partial charge in [-0.3, -0.25) is 14.7 Å². The van der Waals surface area contributed by atoms with Crippen LogP contribution in [0.25, 0.3) is 0 Å². The summed E-state index contributed by atoms with van der Waals surface area (Å²) in [6.45, 7) is 10.5. The number of likely N-dealkylation sites (tertiary alicyclic amines) is 1. The summed E-state index contributed by atoms with van der Waals surface area (Å²) in [6.07, 6.45) is 2.69. The molecule has 31 heavy (non-hydrogen) atoms. The largest absolute Gasteiger partial charge is 0.369 e. The van der Waals surface area contributed by atoms with Crippen LogP contribution >= 0.6 is 0 Å². The molecule has 7 nitrogen and oxygen atoms in total. The molecular formula is C23H37FN6O. The van der Waals surface area contributed by atoms with Crippen molar-refractivity contribution in [3.8, 4) is 0 Å². The van der Waals surface area contributed by atoms with E-state index in [-0.39, 0.29) is 11.7 Å². The maximum atomic E-state index is 13.1. The van der Waals surface area contributed by atoms with E-state index in [0.717, 1.165) is 83.4 Å². The summed E-state index contributed by atoms with van der Waals surface area (Å²) in [5.74, 6) is 1.41. The fourth-order valence-corrected chi connectivity index (χ4v) is 4.32. The second-order valence-electron chi connectivity index (χ2n) is 8.35. The van der Waals surface area contributed by atoms with Gasteiger partial charge in [0, 0.05) is 71.5 Å². The van der Waals surface area contributed by atoms with E-state index in [0.29, 0.717) is 12.3 Å². The number of aliphatic imine (C=N–C) groups is 1. The molecule has 0 atom stereocenters. The summed E-state index contributed by atoms with van der Waals surface area (Å²) < 4.78 is 13.1. The van der Waals surface area contributed by atoms with Crippen molar-refractivity contribution < 1.29 is 9.18 Å². The van der Waals surface area contributed by atoms with Crippen LogP contribution < -0.4 is 15.5 Å². The standard InChI is InChI=1S/C23H37FN6O/c1-3-26-23(30-11-8-19(9-12-30)18-22(31)25-2)27-10-13-28-14-16-29(17-15-28)21-6-4-20(24)5-7-21/h4-7,19H,3,8-18H2,1-2H3,(H,25,31)(H,26,27). The van der Waals surface area contributed by atoms with Gasteiger partial charge >= 0.3 is 0 Å². The van der Waals surface area contributed by atoms with E-state index in [2.05, 4.69) is 32.3 Å². The van der Waals surface area contributed by atoms with Crippen molar-refractivity contribution in [3.05, 3.63) is 30.1 Å². The number of guanidine groups is 1. The van der Waals surface area contributed by atoms with E-state index in [1.54, 1.807) is 7.05 Å². The lowest BCUT2D eigenvalue weighted by Gasteiger charge is -2.36. The topological polar surface area (TPSA) is 63.2 Å². The molecule has 2 fully saturated rings. The predicted molar refractivity (Wildman–Crippen MR) is 124 cm³/mol. The molecule has 0 spiro atoms. The average molecular weight is 433 g/mol. The number of nitrogens with one attached hydrogen (secondary N) is 2. The van der Waals surface area contributed by atoms with Crippen molar-refractivity contribution in [1.82, 2.24) is 20.4 Å². The van der Waals surface area contributed by atoms with Gasteiger partial charge in [-0.1, -0.05) is 0 Å². The fourth-order valence-electron chi connectivity index (χ4n) is 4.32. The van der Waals surface area contributed by atoms with Crippen molar-refractivity contribution in [2.45, 2.75) is 26.2 Å². The monoisotopic (exact) mass is 432 g/mol. The molecule has 3 rings (SSSR count). The van der Waals surface area contributed by atoms with Gasteiger partial charge < -0.3 is 20.4 Å². The molecular weight excluding hydrogens is 395 g/mol. The first-order valence-corrected chi connectivity index (χ1v) is 11.6. The zero-order chi connectivity index (χ0) is 22.1. The number of piperidine rings is 1. The van der Waals surface area contributed by atoms with E-state index in [1.165, 1.54) is 12.1 Å². The minimum atomic E-state index is -0.188. The van der Waals surface area contributed by atoms with Crippen LogP contribution in [0.3, 0.4) is 0 Å². The summed E-state index contributed by atoms with van der Waals surface area (Å²) in [4.78, 5) is 23.6. The molecule has 2 heterocycles. The number of halogens is 1. The Bertz CT molecular complexity index is 709. The molecule has 0 bridgehead atoms. The minimum Gasteiger partial charge on any atom is -0.369 e. The number of nitrogens with zero attached hydrogens (tertiary/aromatic N) is 4. The van der Waals surface area contributed by atoms with Gasteiger partial charge in [0.05, 0.1) is 6.54 Å². The van der Waals surface area contributed by atoms with E-state index in [4.69, 9.17) is 4.99 Å². The maximum absolute atomic E-state index is 13.1. The first-order chi connectivity index (χ1) is 15.1. The quantitative estimate of drug-likeness (QED) is 0.508. The molecule has 0 aromatic heterocycles. The second-order valence-corrected chi connectivity index (χ2v) is 8.35. The highest BCUT2D eigenvalue weighted by molar-refractivity contribution is 5.80. The highest BCUT2D eigenvalue weighted by atomic mass is 19.1. The molecule has 2 N–H and O–H groups in total. The number of benzene rings is 1. The van der Waals surface area contributed by atoms with Crippen LogP contribution in [-0.2, 0) is 4.79 Å². The minimum absolute atomic E-state index is 0.138. The number of carbonyl (C=O) groups excluding carboxylic acids is 1. The Morgan fingerprint density at radius 3 is 2.39 bits per heavy atom. The van der Waals surface area contributed by atoms with Crippen LogP contribution in [0.15, 0.2) is 29.3 Å². The van der Waals surface area contributed by atoms with Crippen LogP contribution in [0, 0.1) is 11.7 Å². The number of amides is 1. The zero-order valence-corrected chi connectivity index (χ0v) is 18.9. The lowest BCUT2D eigenvalue weighted by molar-refractivity contribution is -0.121. The van der Waals surface area contributed by atoms with Gasteiger partial charge in [0.15, 0.2) is 5.96 Å². The van der Waals surface area contributed by atoms with Gasteiger partial charge in [0.25, 0.3) is 0 Å². The van der Waals surface area contributed by atoms with Gasteiger partial charge in [-0.2, -0.15) is 0 Å². The summed E-state index contributed by atoms with van der Waals surface area (Å²) in [6, 6.07) is 6.77. The molecule has 1 aromatic rings. The maximum Gasteiger partial charge on any atom is 0.220 e. The van der Waals surface area contributed by atoms with Crippen LogP contribution in [0.1, 0.15) is 26.2 Å². The summed E-state index contributed by atoms with van der Waals surface area (Å²) in [5.41, 5.74) is 1.09. The molecule has 1 aromatic carbocycles. The van der Waals surface area contributed by atoms with E-state index in [1.807, 2.05) is 12.1 Å². The molecule has 172 valence electrons. The lowest BCUT2D eigenvalue weighted by atomic mass is 9.93. The molecule has 0 radical (unpaired) electrons. The molecule has 0 unspecified atom stereocenters. The summed E-state index contributed by atoms with van der Waals surface area (Å²) in [7, 11) is 1.70. The number of piperazine rings is 1. The highest BCUT2D eigenvalue weighted by Gasteiger charge is 2.23. The third-order valence-corrected chi connectivity index (χ3v) is 6.24. The van der Waals surface area contributed by atoms with Crippen LogP contribution in [0.4, 0.5) is 10.1 Å². The van der Waals surface area contributed by atoms with Gasteiger partial charge in [-0.25, -0.2) is 4.39 Å². The molecule has 2 aliphatic rings. The molecule has 2 aliphatic heterocycles. The van der Waals surface area contributed by atoms with Crippen LogP contribution in [0.5, 0.6) is 0 Å². The van der Waals surface area contributed by atoms with E-state index in [9.17, 15) is 9.18 Å². The van der Waals surface area contributed by atoms with Crippen LogP contribution in [-0.4, -0.2) is 87.6 Å². The zero-order valence-electron chi connectivity index (χ0n) is 18.9. The van der Waals surface area contributed by atoms with Crippen molar-refractivity contribution in [2.75, 3.05) is 70.9 Å². The smallest absolute Gasteiger partial charge is 0.220 e. The normalized spacial score (nSPS) is 18.9.